The van der Waals surface area contributed by atoms with Gasteiger partial charge in [0.2, 0.25) is 0 Å². The number of nitrogens with two attached hydrogens (primary N) is 2. The molecule has 7 nitrogen and oxygen atoms in total. The van der Waals surface area contributed by atoms with E-state index >= 15 is 0 Å². The minimum Gasteiger partial charge on any atom is -0.481 e. The number of nitrogen functional groups attached to an aromatic ring is 1. The Morgan fingerprint density at radius 3 is 2.58 bits per heavy atom. The molecule has 0 radical (unpaired) electrons. The number of hydrogen-bond acceptors (Lipinski definition) is 5. The van der Waals surface area contributed by atoms with E-state index in [1.54, 1.807) is 5.01 Å². The Morgan fingerprint density at radius 1 is 1.11 bits per heavy atom. The summed E-state index contributed by atoms with van der Waals surface area (Å²) in [4.78, 5) is 27.6. The molecule has 1 aliphatic carbocycles. The molecule has 1 amide bonds. The summed E-state index contributed by atoms with van der Waals surface area (Å²) in [7, 11) is 0. The van der Waals surface area contributed by atoms with Gasteiger partial charge in [-0.25, -0.2) is 5.84 Å². The van der Waals surface area contributed by atoms with E-state index in [-0.39, 0.29) is 30.3 Å². The predicted molar refractivity (Wildman–Crippen MR) is 150 cm³/mol. The summed E-state index contributed by atoms with van der Waals surface area (Å²) in [6.07, 6.45) is 1.69. The van der Waals surface area contributed by atoms with Gasteiger partial charge < -0.3 is 20.7 Å². The average Bonchev–Trinajstić information content (AvgIpc) is 2.89. The van der Waals surface area contributed by atoms with Gasteiger partial charge >= 0.3 is 5.97 Å². The Bertz CT molecular complexity index is 1430. The highest BCUT2D eigenvalue weighted by atomic mass is 16.4. The van der Waals surface area contributed by atoms with Crippen LogP contribution < -0.4 is 16.6 Å². The van der Waals surface area contributed by atoms with Crippen LogP contribution in [0.15, 0.2) is 48.5 Å². The zero-order chi connectivity index (χ0) is 27.3. The molecule has 1 fully saturated rings. The lowest BCUT2D eigenvalue weighted by Crippen LogP contribution is -2.57. The molecule has 3 aromatic rings. The van der Waals surface area contributed by atoms with Crippen LogP contribution in [0.1, 0.15) is 81.0 Å². The van der Waals surface area contributed by atoms with Gasteiger partial charge in [0.1, 0.15) is 0 Å². The molecular weight excluding hydrogens is 476 g/mol. The fraction of sp³-hybridized carbons (Fsp3) is 0.355. The zero-order valence-electron chi connectivity index (χ0n) is 22.5. The van der Waals surface area contributed by atoms with Crippen LogP contribution in [0.5, 0.6) is 0 Å². The summed E-state index contributed by atoms with van der Waals surface area (Å²) < 4.78 is 0. The maximum Gasteiger partial charge on any atom is 0.304 e. The first-order valence-corrected chi connectivity index (χ1v) is 13.3. The summed E-state index contributed by atoms with van der Waals surface area (Å²) in [5.74, 6) is 4.93. The van der Waals surface area contributed by atoms with Crippen molar-refractivity contribution in [2.75, 3.05) is 17.3 Å². The van der Waals surface area contributed by atoms with Crippen molar-refractivity contribution in [1.82, 2.24) is 4.90 Å². The predicted octanol–water partition coefficient (Wildman–Crippen LogP) is 5.01. The third kappa shape index (κ3) is 4.31. The second kappa shape index (κ2) is 9.80. The fourth-order valence-electron chi connectivity index (χ4n) is 6.16. The molecule has 0 saturated carbocycles. The first-order chi connectivity index (χ1) is 18.1. The molecule has 0 aromatic heterocycles. The molecule has 1 aliphatic heterocycles. The van der Waals surface area contributed by atoms with Crippen LogP contribution in [0.2, 0.25) is 0 Å². The number of hydrazine groups is 1. The SMILES string of the molecule is CCN(N)c1ccc(C(CC(=O)O)c2ccc3c(c2)C2C[C@H](C3)N2C(=O)c2cc(C)ccc2C)c(C)c1N. The molecular formula is C31H36N4O3. The van der Waals surface area contributed by atoms with E-state index in [1.165, 1.54) is 5.56 Å². The van der Waals surface area contributed by atoms with Crippen molar-refractivity contribution in [3.05, 3.63) is 93.0 Å². The quantitative estimate of drug-likeness (QED) is 0.233. The normalized spacial score (nSPS) is 18.4. The second-order valence-electron chi connectivity index (χ2n) is 10.7. The number of fused-ring (bicyclic) bond motifs is 4. The standard InChI is InChI=1S/C31H36N4O3/c1-5-34(33)27-11-10-23(19(4)30(27)32)25(16-29(36)37)21-9-8-20-13-22-15-28(26(20)14-21)35(22)31(38)24-12-17(2)6-7-18(24)3/h6-12,14,22,25,28H,5,13,15-16,32-33H2,1-4H3,(H,36,37)/t22-,25?,28?/m0/s1. The summed E-state index contributed by atoms with van der Waals surface area (Å²) in [5, 5.41) is 11.4. The third-order valence-corrected chi connectivity index (χ3v) is 8.41. The van der Waals surface area contributed by atoms with Gasteiger partial charge in [0.25, 0.3) is 5.91 Å². The highest BCUT2D eigenvalue weighted by molar-refractivity contribution is 5.97. The Labute approximate surface area is 224 Å². The minimum absolute atomic E-state index is 0.00508. The number of likely N-dealkylation sites (tertiary alicyclic amines) is 1. The number of nitrogens with zero attached hydrogens (tertiary/aromatic N) is 2. The average molecular weight is 513 g/mol. The number of carbonyl (C=O) groups is 2. The van der Waals surface area contributed by atoms with Gasteiger partial charge in [-0.3, -0.25) is 9.59 Å². The molecule has 2 unspecified atom stereocenters. The number of carboxylic acid groups (broad SMARTS) is 1. The molecule has 1 saturated heterocycles. The molecule has 5 rings (SSSR count). The molecule has 3 aromatic carbocycles. The smallest absolute Gasteiger partial charge is 0.304 e. The van der Waals surface area contributed by atoms with E-state index in [2.05, 4.69) is 12.1 Å². The Kier molecular flexibility index (Phi) is 6.65. The largest absolute Gasteiger partial charge is 0.481 e. The van der Waals surface area contributed by atoms with E-state index in [9.17, 15) is 14.7 Å². The fourth-order valence-corrected chi connectivity index (χ4v) is 6.16. The molecule has 7 heteroatoms. The van der Waals surface area contributed by atoms with Crippen LogP contribution in [0, 0.1) is 20.8 Å². The highest BCUT2D eigenvalue weighted by Crippen LogP contribution is 2.49. The molecule has 5 N–H and O–H groups in total. The van der Waals surface area contributed by atoms with Gasteiger partial charge in [0.15, 0.2) is 0 Å². The monoisotopic (exact) mass is 512 g/mol. The maximum atomic E-state index is 13.6. The van der Waals surface area contributed by atoms with Crippen LogP contribution in [0.4, 0.5) is 11.4 Å². The van der Waals surface area contributed by atoms with E-state index in [4.69, 9.17) is 11.6 Å². The topological polar surface area (TPSA) is 113 Å². The third-order valence-electron chi connectivity index (χ3n) is 8.41. The Balaban J connectivity index is 1.52. The summed E-state index contributed by atoms with van der Waals surface area (Å²) in [5.41, 5.74) is 15.6. The van der Waals surface area contributed by atoms with Crippen molar-refractivity contribution in [1.29, 1.82) is 0 Å². The number of hydrogen-bond donors (Lipinski definition) is 3. The van der Waals surface area contributed by atoms with Crippen molar-refractivity contribution in [3.8, 4) is 0 Å². The molecule has 3 atom stereocenters. The van der Waals surface area contributed by atoms with Crippen molar-refractivity contribution in [3.63, 3.8) is 0 Å². The minimum atomic E-state index is -0.876. The van der Waals surface area contributed by atoms with Crippen molar-refractivity contribution in [2.24, 2.45) is 5.84 Å². The number of anilines is 2. The second-order valence-corrected chi connectivity index (χ2v) is 10.7. The lowest BCUT2D eigenvalue weighted by Gasteiger charge is -2.54. The van der Waals surface area contributed by atoms with Crippen molar-refractivity contribution in [2.45, 2.75) is 65.0 Å². The number of benzene rings is 3. The number of amides is 1. The van der Waals surface area contributed by atoms with E-state index in [1.807, 2.05) is 69.0 Å². The number of rotatable bonds is 7. The van der Waals surface area contributed by atoms with E-state index in [0.29, 0.717) is 12.2 Å². The molecule has 2 bridgehead atoms. The summed E-state index contributed by atoms with van der Waals surface area (Å²) in [6.45, 7) is 8.46. The molecule has 2 aliphatic rings. The van der Waals surface area contributed by atoms with Gasteiger partial charge in [0.05, 0.1) is 23.8 Å². The summed E-state index contributed by atoms with van der Waals surface area (Å²) in [6, 6.07) is 16.3. The lowest BCUT2D eigenvalue weighted by atomic mass is 9.73. The van der Waals surface area contributed by atoms with Crippen LogP contribution in [-0.4, -0.2) is 34.5 Å². The van der Waals surface area contributed by atoms with Crippen LogP contribution >= 0.6 is 0 Å². The molecule has 198 valence electrons. The first kappa shape index (κ1) is 25.8. The number of carbonyl (C=O) groups excluding carboxylic acids is 1. The van der Waals surface area contributed by atoms with Gasteiger partial charge in [-0.15, -0.1) is 0 Å². The Hall–Kier alpha value is -3.84. The van der Waals surface area contributed by atoms with Gasteiger partial charge in [0, 0.05) is 24.1 Å². The van der Waals surface area contributed by atoms with Gasteiger partial charge in [-0.2, -0.15) is 0 Å². The highest BCUT2D eigenvalue weighted by Gasteiger charge is 2.47. The van der Waals surface area contributed by atoms with Crippen molar-refractivity contribution >= 4 is 23.3 Å². The molecule has 1 heterocycles. The summed E-state index contributed by atoms with van der Waals surface area (Å²) >= 11 is 0. The number of carboxylic acids is 1. The van der Waals surface area contributed by atoms with E-state index in [0.717, 1.165) is 57.5 Å². The van der Waals surface area contributed by atoms with Gasteiger partial charge in [-0.05, 0) is 86.1 Å². The van der Waals surface area contributed by atoms with Crippen LogP contribution in [0.25, 0.3) is 0 Å². The lowest BCUT2D eigenvalue weighted by molar-refractivity contribution is -0.137. The zero-order valence-corrected chi connectivity index (χ0v) is 22.5. The van der Waals surface area contributed by atoms with Crippen LogP contribution in [0.3, 0.4) is 0 Å². The number of aliphatic carboxylic acids is 1. The van der Waals surface area contributed by atoms with Gasteiger partial charge in [-0.1, -0.05) is 42.0 Å². The maximum absolute atomic E-state index is 13.6. The van der Waals surface area contributed by atoms with Crippen LogP contribution in [-0.2, 0) is 11.2 Å². The molecule has 38 heavy (non-hydrogen) atoms. The first-order valence-electron chi connectivity index (χ1n) is 13.3. The van der Waals surface area contributed by atoms with Crippen molar-refractivity contribution < 1.29 is 14.7 Å². The Morgan fingerprint density at radius 2 is 1.87 bits per heavy atom. The number of aryl methyl sites for hydroxylation is 2. The van der Waals surface area contributed by atoms with E-state index < -0.39 is 5.97 Å². The molecule has 0 spiro atoms.